The van der Waals surface area contributed by atoms with Gasteiger partial charge in [0.25, 0.3) is 0 Å². The predicted octanol–water partition coefficient (Wildman–Crippen LogP) is 2.69. The van der Waals surface area contributed by atoms with E-state index in [9.17, 15) is 5.11 Å². The van der Waals surface area contributed by atoms with Crippen molar-refractivity contribution >= 4 is 0 Å². The Kier molecular flexibility index (Phi) is 4.13. The lowest BCUT2D eigenvalue weighted by molar-refractivity contribution is -0.0402. The van der Waals surface area contributed by atoms with E-state index in [4.69, 9.17) is 4.42 Å². The summed E-state index contributed by atoms with van der Waals surface area (Å²) >= 11 is 0. The van der Waals surface area contributed by atoms with E-state index in [-0.39, 0.29) is 11.6 Å². The minimum absolute atomic E-state index is 0.0840. The third kappa shape index (κ3) is 2.62. The molecule has 1 aromatic heterocycles. The lowest BCUT2D eigenvalue weighted by Gasteiger charge is -2.47. The molecule has 2 rings (SSSR count). The van der Waals surface area contributed by atoms with Gasteiger partial charge in [-0.1, -0.05) is 6.92 Å². The Bertz CT molecular complexity index is 351. The van der Waals surface area contributed by atoms with Gasteiger partial charge in [-0.3, -0.25) is 0 Å². The molecule has 0 aliphatic heterocycles. The van der Waals surface area contributed by atoms with Crippen LogP contribution in [0.1, 0.15) is 38.4 Å². The van der Waals surface area contributed by atoms with Gasteiger partial charge in [0, 0.05) is 12.0 Å². The molecule has 1 saturated carbocycles. The number of nitrogens with zero attached hydrogens (tertiary/aromatic N) is 1. The molecule has 0 saturated heterocycles. The lowest BCUT2D eigenvalue weighted by Crippen LogP contribution is -2.56. The molecule has 18 heavy (non-hydrogen) atoms. The number of hydrogen-bond acceptors (Lipinski definition) is 3. The van der Waals surface area contributed by atoms with Crippen LogP contribution in [0.5, 0.6) is 0 Å². The van der Waals surface area contributed by atoms with Crippen LogP contribution in [-0.4, -0.2) is 35.7 Å². The van der Waals surface area contributed by atoms with Gasteiger partial charge in [0.15, 0.2) is 0 Å². The maximum atomic E-state index is 10.7. The maximum Gasteiger partial charge on any atom is 0.106 e. The van der Waals surface area contributed by atoms with Gasteiger partial charge in [-0.05, 0) is 57.8 Å². The van der Waals surface area contributed by atoms with E-state index in [1.54, 1.807) is 6.26 Å². The fraction of sp³-hybridized carbons (Fsp3) is 0.733. The summed E-state index contributed by atoms with van der Waals surface area (Å²) in [6, 6.07) is 3.82. The van der Waals surface area contributed by atoms with Gasteiger partial charge in [-0.2, -0.15) is 0 Å². The predicted molar refractivity (Wildman–Crippen MR) is 72.5 cm³/mol. The Morgan fingerprint density at radius 1 is 1.44 bits per heavy atom. The molecule has 0 radical (unpaired) electrons. The van der Waals surface area contributed by atoms with Crippen molar-refractivity contribution in [3.05, 3.63) is 24.2 Å². The van der Waals surface area contributed by atoms with Crippen molar-refractivity contribution in [3.63, 3.8) is 0 Å². The highest BCUT2D eigenvalue weighted by Gasteiger charge is 2.42. The fourth-order valence-electron chi connectivity index (χ4n) is 3.15. The Balaban J connectivity index is 2.09. The smallest absolute Gasteiger partial charge is 0.106 e. The van der Waals surface area contributed by atoms with Crippen LogP contribution in [0.25, 0.3) is 0 Å². The van der Waals surface area contributed by atoms with Gasteiger partial charge in [0.2, 0.25) is 0 Å². The fourth-order valence-corrected chi connectivity index (χ4v) is 3.15. The first-order valence-electron chi connectivity index (χ1n) is 6.92. The molecule has 1 unspecified atom stereocenters. The first-order chi connectivity index (χ1) is 8.54. The van der Waals surface area contributed by atoms with Crippen molar-refractivity contribution in [1.29, 1.82) is 0 Å². The van der Waals surface area contributed by atoms with Crippen LogP contribution in [0.2, 0.25) is 0 Å². The molecule has 1 aromatic rings. The van der Waals surface area contributed by atoms with Crippen LogP contribution in [0.4, 0.5) is 0 Å². The second-order valence-corrected chi connectivity index (χ2v) is 5.98. The second kappa shape index (κ2) is 5.45. The van der Waals surface area contributed by atoms with Gasteiger partial charge in [-0.15, -0.1) is 0 Å². The van der Waals surface area contributed by atoms with E-state index in [1.807, 2.05) is 12.1 Å². The van der Waals surface area contributed by atoms with E-state index >= 15 is 0 Å². The summed E-state index contributed by atoms with van der Waals surface area (Å²) in [5, 5.41) is 10.7. The van der Waals surface area contributed by atoms with Crippen LogP contribution in [-0.2, 0) is 6.42 Å². The molecule has 1 fully saturated rings. The van der Waals surface area contributed by atoms with Crippen LogP contribution >= 0.6 is 0 Å². The highest BCUT2D eigenvalue weighted by atomic mass is 16.3. The van der Waals surface area contributed by atoms with Crippen molar-refractivity contribution < 1.29 is 9.52 Å². The molecule has 1 heterocycles. The SMILES string of the molecule is CC1CCC(C(O)Cc2ccco2)(N(C)C)CC1. The van der Waals surface area contributed by atoms with E-state index < -0.39 is 0 Å². The number of likely N-dealkylation sites (N-methyl/N-ethyl adjacent to an activating group) is 1. The number of rotatable bonds is 4. The largest absolute Gasteiger partial charge is 0.469 e. The summed E-state index contributed by atoms with van der Waals surface area (Å²) in [6.07, 6.45) is 6.48. The average molecular weight is 251 g/mol. The van der Waals surface area contributed by atoms with E-state index in [0.717, 1.165) is 24.5 Å². The van der Waals surface area contributed by atoms with E-state index in [0.29, 0.717) is 6.42 Å². The van der Waals surface area contributed by atoms with Crippen molar-refractivity contribution in [3.8, 4) is 0 Å². The molecule has 1 atom stereocenters. The molecular weight excluding hydrogens is 226 g/mol. The van der Waals surface area contributed by atoms with Gasteiger partial charge >= 0.3 is 0 Å². The molecule has 0 aromatic carbocycles. The van der Waals surface area contributed by atoms with Crippen molar-refractivity contribution in [2.45, 2.75) is 50.7 Å². The quantitative estimate of drug-likeness (QED) is 0.894. The van der Waals surface area contributed by atoms with Crippen LogP contribution in [0.3, 0.4) is 0 Å². The average Bonchev–Trinajstić information content (AvgIpc) is 2.82. The Labute approximate surface area is 110 Å². The Morgan fingerprint density at radius 3 is 2.61 bits per heavy atom. The van der Waals surface area contributed by atoms with Gasteiger partial charge < -0.3 is 14.4 Å². The maximum absolute atomic E-state index is 10.7. The molecule has 1 N–H and O–H groups in total. The first kappa shape index (κ1) is 13.6. The molecule has 1 aliphatic carbocycles. The molecule has 0 amide bonds. The second-order valence-electron chi connectivity index (χ2n) is 5.98. The molecule has 3 heteroatoms. The molecular formula is C15H25NO2. The van der Waals surface area contributed by atoms with Crippen molar-refractivity contribution in [1.82, 2.24) is 4.90 Å². The lowest BCUT2D eigenvalue weighted by atomic mass is 9.72. The number of aliphatic hydroxyl groups is 1. The Morgan fingerprint density at radius 2 is 2.11 bits per heavy atom. The van der Waals surface area contributed by atoms with Crippen molar-refractivity contribution in [2.24, 2.45) is 5.92 Å². The molecule has 0 bridgehead atoms. The minimum Gasteiger partial charge on any atom is -0.469 e. The van der Waals surface area contributed by atoms with Crippen LogP contribution in [0.15, 0.2) is 22.8 Å². The highest BCUT2D eigenvalue weighted by molar-refractivity contribution is 5.06. The number of aliphatic hydroxyl groups excluding tert-OH is 1. The van der Waals surface area contributed by atoms with E-state index in [2.05, 4.69) is 25.9 Å². The number of hydrogen-bond donors (Lipinski definition) is 1. The first-order valence-corrected chi connectivity index (χ1v) is 6.92. The topological polar surface area (TPSA) is 36.6 Å². The van der Waals surface area contributed by atoms with Gasteiger partial charge in [-0.25, -0.2) is 0 Å². The minimum atomic E-state index is -0.355. The molecule has 0 spiro atoms. The summed E-state index contributed by atoms with van der Waals surface area (Å²) in [4.78, 5) is 2.21. The summed E-state index contributed by atoms with van der Waals surface area (Å²) in [5.41, 5.74) is -0.0840. The highest BCUT2D eigenvalue weighted by Crippen LogP contribution is 2.38. The van der Waals surface area contributed by atoms with Gasteiger partial charge in [0.1, 0.15) is 5.76 Å². The zero-order valence-corrected chi connectivity index (χ0v) is 11.7. The van der Waals surface area contributed by atoms with Crippen LogP contribution < -0.4 is 0 Å². The summed E-state index contributed by atoms with van der Waals surface area (Å²) in [6.45, 7) is 2.30. The Hall–Kier alpha value is -0.800. The third-order valence-corrected chi connectivity index (χ3v) is 4.63. The van der Waals surface area contributed by atoms with Crippen LogP contribution in [0, 0.1) is 5.92 Å². The standard InChI is InChI=1S/C15H25NO2/c1-12-6-8-15(9-7-12,16(2)3)14(17)11-13-5-4-10-18-13/h4-5,10,12,14,17H,6-9,11H2,1-3H3. The summed E-state index contributed by atoms with van der Waals surface area (Å²) in [7, 11) is 4.17. The third-order valence-electron chi connectivity index (χ3n) is 4.63. The zero-order valence-electron chi connectivity index (χ0n) is 11.7. The summed E-state index contributed by atoms with van der Waals surface area (Å²) in [5.74, 6) is 1.66. The van der Waals surface area contributed by atoms with E-state index in [1.165, 1.54) is 12.8 Å². The number of furan rings is 1. The normalized spacial score (nSPS) is 30.6. The molecule has 1 aliphatic rings. The monoisotopic (exact) mass is 251 g/mol. The zero-order chi connectivity index (χ0) is 13.2. The molecule has 102 valence electrons. The summed E-state index contributed by atoms with van der Waals surface area (Å²) < 4.78 is 5.36. The van der Waals surface area contributed by atoms with Gasteiger partial charge in [0.05, 0.1) is 12.4 Å². The van der Waals surface area contributed by atoms with Crippen molar-refractivity contribution in [2.75, 3.05) is 14.1 Å². The molecule has 3 nitrogen and oxygen atoms in total.